The van der Waals surface area contributed by atoms with Gasteiger partial charge in [-0.3, -0.25) is 4.79 Å². The first-order valence-electron chi connectivity index (χ1n) is 8.18. The maximum atomic E-state index is 13.1. The van der Waals surface area contributed by atoms with Gasteiger partial charge in [0.2, 0.25) is 0 Å². The van der Waals surface area contributed by atoms with Crippen molar-refractivity contribution in [1.82, 2.24) is 14.4 Å². The fourth-order valence-corrected chi connectivity index (χ4v) is 3.39. The Kier molecular flexibility index (Phi) is 4.68. The molecule has 1 aliphatic heterocycles. The third kappa shape index (κ3) is 3.12. The van der Waals surface area contributed by atoms with Crippen molar-refractivity contribution in [3.05, 3.63) is 36.0 Å². The second kappa shape index (κ2) is 6.72. The highest BCUT2D eigenvalue weighted by Crippen LogP contribution is 2.24. The zero-order valence-electron chi connectivity index (χ0n) is 14.2. The number of benzene rings is 1. The van der Waals surface area contributed by atoms with E-state index in [2.05, 4.69) is 29.5 Å². The Morgan fingerprint density at radius 3 is 2.83 bits per heavy atom. The Balaban J connectivity index is 1.94. The molecule has 3 rings (SSSR count). The minimum absolute atomic E-state index is 0.137. The Bertz CT molecular complexity index is 695. The monoisotopic (exact) mass is 315 g/mol. The molecule has 23 heavy (non-hydrogen) atoms. The van der Waals surface area contributed by atoms with Crippen LogP contribution in [0.5, 0.6) is 0 Å². The van der Waals surface area contributed by atoms with Crippen LogP contribution in [0.25, 0.3) is 10.9 Å². The van der Waals surface area contributed by atoms with E-state index in [0.29, 0.717) is 6.61 Å². The number of ether oxygens (including phenoxy) is 1. The summed E-state index contributed by atoms with van der Waals surface area (Å²) in [6.07, 6.45) is 1.98. The van der Waals surface area contributed by atoms with Gasteiger partial charge in [0, 0.05) is 56.4 Å². The number of para-hydroxylation sites is 1. The topological polar surface area (TPSA) is 37.7 Å². The van der Waals surface area contributed by atoms with Crippen molar-refractivity contribution in [3.63, 3.8) is 0 Å². The van der Waals surface area contributed by atoms with Gasteiger partial charge in [0.25, 0.3) is 5.91 Å². The first kappa shape index (κ1) is 16.0. The summed E-state index contributed by atoms with van der Waals surface area (Å²) in [4.78, 5) is 17.4. The van der Waals surface area contributed by atoms with E-state index in [1.165, 1.54) is 0 Å². The van der Waals surface area contributed by atoms with Gasteiger partial charge < -0.3 is 19.1 Å². The van der Waals surface area contributed by atoms with Crippen LogP contribution in [0.15, 0.2) is 30.5 Å². The first-order valence-corrected chi connectivity index (χ1v) is 8.18. The molecular weight excluding hydrogens is 290 g/mol. The number of methoxy groups -OCH3 is 1. The molecule has 1 amide bonds. The molecule has 1 fully saturated rings. The van der Waals surface area contributed by atoms with Crippen molar-refractivity contribution >= 4 is 16.8 Å². The normalized spacial score (nSPS) is 19.4. The predicted molar refractivity (Wildman–Crippen MR) is 91.8 cm³/mol. The van der Waals surface area contributed by atoms with Crippen molar-refractivity contribution in [1.29, 1.82) is 0 Å². The first-order chi connectivity index (χ1) is 11.1. The smallest absolute Gasteiger partial charge is 0.256 e. The zero-order chi connectivity index (χ0) is 16.4. The number of nitrogens with zero attached hydrogens (tertiary/aromatic N) is 3. The fraction of sp³-hybridized carbons (Fsp3) is 0.500. The molecular formula is C18H25N3O2. The molecule has 1 atom stereocenters. The Hall–Kier alpha value is -1.85. The number of carbonyl (C=O) groups is 1. The summed E-state index contributed by atoms with van der Waals surface area (Å²) in [6, 6.07) is 8.34. The maximum absolute atomic E-state index is 13.1. The highest BCUT2D eigenvalue weighted by atomic mass is 16.5. The van der Waals surface area contributed by atoms with E-state index in [1.807, 2.05) is 29.3 Å². The van der Waals surface area contributed by atoms with Crippen LogP contribution in [0.1, 0.15) is 17.3 Å². The average molecular weight is 315 g/mol. The molecule has 0 radical (unpaired) electrons. The van der Waals surface area contributed by atoms with Crippen LogP contribution in [0.2, 0.25) is 0 Å². The van der Waals surface area contributed by atoms with Crippen LogP contribution >= 0.6 is 0 Å². The summed E-state index contributed by atoms with van der Waals surface area (Å²) in [5.74, 6) is 0.137. The Labute approximate surface area is 137 Å². The molecule has 0 N–H and O–H groups in total. The van der Waals surface area contributed by atoms with Gasteiger partial charge in [-0.15, -0.1) is 0 Å². The van der Waals surface area contributed by atoms with E-state index in [9.17, 15) is 4.79 Å². The maximum Gasteiger partial charge on any atom is 0.256 e. The SMILES string of the molecule is COCCn1cc(C(=O)N2CCN(C)C[C@H]2C)c2ccccc21. The van der Waals surface area contributed by atoms with Gasteiger partial charge in [0.1, 0.15) is 0 Å². The molecule has 0 bridgehead atoms. The van der Waals surface area contributed by atoms with Gasteiger partial charge in [0.15, 0.2) is 0 Å². The molecule has 0 saturated carbocycles. The predicted octanol–water partition coefficient (Wildman–Crippen LogP) is 2.06. The van der Waals surface area contributed by atoms with E-state index < -0.39 is 0 Å². The van der Waals surface area contributed by atoms with E-state index in [1.54, 1.807) is 7.11 Å². The van der Waals surface area contributed by atoms with Crippen molar-refractivity contribution in [2.24, 2.45) is 0 Å². The summed E-state index contributed by atoms with van der Waals surface area (Å²) in [6.45, 7) is 6.15. The molecule has 0 spiro atoms. The lowest BCUT2D eigenvalue weighted by molar-refractivity contribution is 0.0535. The Morgan fingerprint density at radius 1 is 1.30 bits per heavy atom. The van der Waals surface area contributed by atoms with Gasteiger partial charge in [-0.1, -0.05) is 18.2 Å². The number of likely N-dealkylation sites (N-methyl/N-ethyl adjacent to an activating group) is 1. The van der Waals surface area contributed by atoms with E-state index in [-0.39, 0.29) is 11.9 Å². The second-order valence-electron chi connectivity index (χ2n) is 6.36. The van der Waals surface area contributed by atoms with Crippen LogP contribution in [0.4, 0.5) is 0 Å². The molecule has 124 valence electrons. The molecule has 1 aliphatic rings. The highest BCUT2D eigenvalue weighted by molar-refractivity contribution is 6.07. The van der Waals surface area contributed by atoms with Crippen molar-refractivity contribution in [2.75, 3.05) is 40.4 Å². The lowest BCUT2D eigenvalue weighted by atomic mass is 10.1. The number of amides is 1. The number of hydrogen-bond acceptors (Lipinski definition) is 3. The lowest BCUT2D eigenvalue weighted by Gasteiger charge is -2.38. The molecule has 0 aliphatic carbocycles. The van der Waals surface area contributed by atoms with Crippen LogP contribution in [-0.4, -0.2) is 66.7 Å². The fourth-order valence-electron chi connectivity index (χ4n) is 3.39. The molecule has 5 nitrogen and oxygen atoms in total. The number of fused-ring (bicyclic) bond motifs is 1. The van der Waals surface area contributed by atoms with Crippen LogP contribution in [0.3, 0.4) is 0 Å². The molecule has 0 unspecified atom stereocenters. The molecule has 5 heteroatoms. The number of piperazine rings is 1. The zero-order valence-corrected chi connectivity index (χ0v) is 14.2. The molecule has 2 aromatic rings. The molecule has 1 aromatic heterocycles. The summed E-state index contributed by atoms with van der Waals surface area (Å²) < 4.78 is 7.31. The number of hydrogen-bond donors (Lipinski definition) is 0. The van der Waals surface area contributed by atoms with E-state index >= 15 is 0 Å². The Morgan fingerprint density at radius 2 is 2.09 bits per heavy atom. The molecule has 1 saturated heterocycles. The van der Waals surface area contributed by atoms with Crippen molar-refractivity contribution in [3.8, 4) is 0 Å². The molecule has 1 aromatic carbocycles. The highest BCUT2D eigenvalue weighted by Gasteiger charge is 2.28. The number of rotatable bonds is 4. The van der Waals surface area contributed by atoms with Gasteiger partial charge >= 0.3 is 0 Å². The second-order valence-corrected chi connectivity index (χ2v) is 6.36. The van der Waals surface area contributed by atoms with Crippen molar-refractivity contribution in [2.45, 2.75) is 19.5 Å². The van der Waals surface area contributed by atoms with Crippen LogP contribution < -0.4 is 0 Å². The number of aromatic nitrogens is 1. The molecule has 2 heterocycles. The van der Waals surface area contributed by atoms with Gasteiger partial charge in [0.05, 0.1) is 12.2 Å². The minimum atomic E-state index is 0.137. The number of carbonyl (C=O) groups excluding carboxylic acids is 1. The van der Waals surface area contributed by atoms with Crippen molar-refractivity contribution < 1.29 is 9.53 Å². The van der Waals surface area contributed by atoms with E-state index in [4.69, 9.17) is 4.74 Å². The standard InChI is InChI=1S/C18H25N3O2/c1-14-12-19(2)8-9-21(14)18(22)16-13-20(10-11-23-3)17-7-5-4-6-15(16)17/h4-7,13-14H,8-12H2,1-3H3/t14-/m1/s1. The summed E-state index contributed by atoms with van der Waals surface area (Å²) in [5, 5.41) is 1.03. The largest absolute Gasteiger partial charge is 0.383 e. The van der Waals surface area contributed by atoms with Gasteiger partial charge in [-0.25, -0.2) is 0 Å². The minimum Gasteiger partial charge on any atom is -0.383 e. The van der Waals surface area contributed by atoms with Gasteiger partial charge in [-0.05, 0) is 20.0 Å². The van der Waals surface area contributed by atoms with Crippen LogP contribution in [0, 0.1) is 0 Å². The van der Waals surface area contributed by atoms with Crippen LogP contribution in [-0.2, 0) is 11.3 Å². The third-order valence-corrected chi connectivity index (χ3v) is 4.65. The third-order valence-electron chi connectivity index (χ3n) is 4.65. The van der Waals surface area contributed by atoms with E-state index in [0.717, 1.165) is 42.6 Å². The summed E-state index contributed by atoms with van der Waals surface area (Å²) in [7, 11) is 3.80. The summed E-state index contributed by atoms with van der Waals surface area (Å²) in [5.41, 5.74) is 1.89. The lowest BCUT2D eigenvalue weighted by Crippen LogP contribution is -2.52. The average Bonchev–Trinajstić information content (AvgIpc) is 2.91. The van der Waals surface area contributed by atoms with Gasteiger partial charge in [-0.2, -0.15) is 0 Å². The summed E-state index contributed by atoms with van der Waals surface area (Å²) >= 11 is 0. The quantitative estimate of drug-likeness (QED) is 0.867.